The molecule has 0 bridgehead atoms. The Balaban J connectivity index is 5.56. The number of primary amides is 1. The number of hydrogen-bond acceptors (Lipinski definition) is 9. The molecule has 4 atom stereocenters. The van der Waals surface area contributed by atoms with Crippen molar-refractivity contribution in [3.05, 3.63) is 0 Å². The SMILES string of the molecule is NC(=O)CC(NC(=O)C(CCCN=C(N)N)NC(=O)C(N)CS)C(=O)NC(CCC(=O)O)C(=O)O. The maximum absolute atomic E-state index is 12.9. The molecule has 0 aromatic carbocycles. The summed E-state index contributed by atoms with van der Waals surface area (Å²) in [5.74, 6) is -6.69. The lowest BCUT2D eigenvalue weighted by atomic mass is 10.1. The van der Waals surface area contributed by atoms with Crippen LogP contribution in [0.25, 0.3) is 0 Å². The van der Waals surface area contributed by atoms with E-state index in [4.69, 9.17) is 28.0 Å². The molecule has 0 aliphatic carbocycles. The van der Waals surface area contributed by atoms with Gasteiger partial charge < -0.3 is 49.1 Å². The van der Waals surface area contributed by atoms with Crippen LogP contribution in [0.4, 0.5) is 0 Å². The van der Waals surface area contributed by atoms with Crippen molar-refractivity contribution >= 4 is 54.2 Å². The number of carbonyl (C=O) groups excluding carboxylic acids is 4. The number of guanidine groups is 1. The van der Waals surface area contributed by atoms with Crippen LogP contribution < -0.4 is 38.9 Å². The fourth-order valence-electron chi connectivity index (χ4n) is 2.61. The minimum atomic E-state index is -1.61. The highest BCUT2D eigenvalue weighted by atomic mass is 32.1. The van der Waals surface area contributed by atoms with Gasteiger partial charge in [-0.25, -0.2) is 4.79 Å². The topological polar surface area (TPSA) is 295 Å². The summed E-state index contributed by atoms with van der Waals surface area (Å²) in [4.78, 5) is 74.9. The number of carbonyl (C=O) groups is 6. The van der Waals surface area contributed by atoms with Crippen molar-refractivity contribution in [3.8, 4) is 0 Å². The first-order valence-corrected chi connectivity index (χ1v) is 11.0. The normalized spacial score (nSPS) is 13.9. The van der Waals surface area contributed by atoms with Crippen molar-refractivity contribution in [1.82, 2.24) is 16.0 Å². The molecule has 0 rings (SSSR count). The average Bonchev–Trinajstić information content (AvgIpc) is 2.76. The highest BCUT2D eigenvalue weighted by Gasteiger charge is 2.31. The number of amides is 4. The number of carboxylic acids is 2. The van der Waals surface area contributed by atoms with E-state index in [2.05, 4.69) is 33.6 Å². The molecular weight excluding hydrogens is 488 g/mol. The molecule has 17 heteroatoms. The van der Waals surface area contributed by atoms with Crippen LogP contribution in [0.1, 0.15) is 32.1 Å². The quantitative estimate of drug-likeness (QED) is 0.0377. The monoisotopic (exact) mass is 520 g/mol. The van der Waals surface area contributed by atoms with E-state index in [1.165, 1.54) is 0 Å². The van der Waals surface area contributed by atoms with Gasteiger partial charge in [-0.2, -0.15) is 12.6 Å². The Hall–Kier alpha value is -3.60. The Morgan fingerprint density at radius 2 is 1.37 bits per heavy atom. The van der Waals surface area contributed by atoms with Gasteiger partial charge in [-0.1, -0.05) is 0 Å². The molecule has 0 fully saturated rings. The number of nitrogens with one attached hydrogen (secondary N) is 3. The van der Waals surface area contributed by atoms with E-state index in [0.717, 1.165) is 0 Å². The van der Waals surface area contributed by atoms with Crippen LogP contribution in [0.15, 0.2) is 4.99 Å². The zero-order chi connectivity index (χ0) is 27.1. The summed E-state index contributed by atoms with van der Waals surface area (Å²) in [6.45, 7) is 0.121. The maximum atomic E-state index is 12.9. The van der Waals surface area contributed by atoms with Gasteiger partial charge in [0.2, 0.25) is 23.6 Å². The van der Waals surface area contributed by atoms with E-state index in [1.807, 2.05) is 0 Å². The largest absolute Gasteiger partial charge is 0.481 e. The Morgan fingerprint density at radius 1 is 0.829 bits per heavy atom. The van der Waals surface area contributed by atoms with Crippen LogP contribution in [0, 0.1) is 0 Å². The second kappa shape index (κ2) is 16.1. The summed E-state index contributed by atoms with van der Waals surface area (Å²) in [6.07, 6.45) is -1.46. The molecule has 4 amide bonds. The number of aliphatic imine (C=N–C) groups is 1. The smallest absolute Gasteiger partial charge is 0.326 e. The second-order valence-corrected chi connectivity index (χ2v) is 7.73. The standard InChI is InChI=1S/C18H32N8O8S/c19-8(7-35)14(30)24-9(2-1-5-23-18(21)22)15(31)26-11(6-12(20)27)16(32)25-10(17(33)34)3-4-13(28)29/h8-11,35H,1-7,19H2,(H2,20,27)(H,24,30)(H,25,32)(H,26,31)(H,28,29)(H,33,34)(H4,21,22,23). The molecule has 0 saturated heterocycles. The van der Waals surface area contributed by atoms with Crippen LogP contribution in [-0.2, 0) is 28.8 Å². The summed E-state index contributed by atoms with van der Waals surface area (Å²) < 4.78 is 0. The summed E-state index contributed by atoms with van der Waals surface area (Å²) in [7, 11) is 0. The number of aliphatic carboxylic acids is 2. The predicted octanol–water partition coefficient (Wildman–Crippen LogP) is -4.42. The van der Waals surface area contributed by atoms with Crippen LogP contribution in [0.2, 0.25) is 0 Å². The lowest BCUT2D eigenvalue weighted by molar-refractivity contribution is -0.143. The second-order valence-electron chi connectivity index (χ2n) is 7.36. The third-order valence-corrected chi connectivity index (χ3v) is 4.80. The van der Waals surface area contributed by atoms with Crippen molar-refractivity contribution in [2.24, 2.45) is 27.9 Å². The maximum Gasteiger partial charge on any atom is 0.326 e. The van der Waals surface area contributed by atoms with Gasteiger partial charge in [0.25, 0.3) is 0 Å². The lowest BCUT2D eigenvalue weighted by Gasteiger charge is -2.24. The van der Waals surface area contributed by atoms with E-state index in [9.17, 15) is 33.9 Å². The van der Waals surface area contributed by atoms with E-state index in [0.29, 0.717) is 0 Å². The number of carboxylic acid groups (broad SMARTS) is 2. The molecule has 4 unspecified atom stereocenters. The third-order valence-electron chi connectivity index (χ3n) is 4.41. The predicted molar refractivity (Wildman–Crippen MR) is 126 cm³/mol. The first-order chi connectivity index (χ1) is 16.3. The van der Waals surface area contributed by atoms with E-state index in [1.54, 1.807) is 0 Å². The highest BCUT2D eigenvalue weighted by Crippen LogP contribution is 2.04. The Bertz CT molecular complexity index is 820. The molecule has 198 valence electrons. The summed E-state index contributed by atoms with van der Waals surface area (Å²) in [5, 5.41) is 24.7. The van der Waals surface area contributed by atoms with Crippen molar-refractivity contribution in [2.75, 3.05) is 12.3 Å². The minimum absolute atomic E-state index is 0.00885. The van der Waals surface area contributed by atoms with Gasteiger partial charge in [0.15, 0.2) is 5.96 Å². The van der Waals surface area contributed by atoms with Gasteiger partial charge in [-0.15, -0.1) is 0 Å². The Labute approximate surface area is 206 Å². The molecule has 0 aliphatic rings. The fourth-order valence-corrected chi connectivity index (χ4v) is 2.78. The van der Waals surface area contributed by atoms with E-state index in [-0.39, 0.29) is 31.1 Å². The van der Waals surface area contributed by atoms with Crippen molar-refractivity contribution in [2.45, 2.75) is 56.3 Å². The molecular formula is C18H32N8O8S. The highest BCUT2D eigenvalue weighted by molar-refractivity contribution is 7.80. The molecule has 0 aliphatic heterocycles. The molecule has 0 heterocycles. The number of thiol groups is 1. The number of nitrogens with zero attached hydrogens (tertiary/aromatic N) is 1. The van der Waals surface area contributed by atoms with Crippen LogP contribution >= 0.6 is 12.6 Å². The summed E-state index contributed by atoms with van der Waals surface area (Å²) in [5.41, 5.74) is 21.2. The van der Waals surface area contributed by atoms with Crippen LogP contribution in [0.3, 0.4) is 0 Å². The third kappa shape index (κ3) is 13.6. The van der Waals surface area contributed by atoms with Gasteiger partial charge in [0.1, 0.15) is 18.1 Å². The Morgan fingerprint density at radius 3 is 1.86 bits per heavy atom. The van der Waals surface area contributed by atoms with Gasteiger partial charge in [0, 0.05) is 18.7 Å². The molecule has 13 N–H and O–H groups in total. The molecule has 16 nitrogen and oxygen atoms in total. The van der Waals surface area contributed by atoms with Crippen LogP contribution in [-0.4, -0.2) is 88.2 Å². The lowest BCUT2D eigenvalue weighted by Crippen LogP contribution is -2.58. The summed E-state index contributed by atoms with van der Waals surface area (Å²) in [6, 6.07) is -5.48. The first kappa shape index (κ1) is 31.4. The van der Waals surface area contributed by atoms with Gasteiger partial charge in [0.05, 0.1) is 12.5 Å². The molecule has 0 saturated carbocycles. The van der Waals surface area contributed by atoms with E-state index >= 15 is 0 Å². The number of hydrogen-bond donors (Lipinski definition) is 10. The van der Waals surface area contributed by atoms with Gasteiger partial charge >= 0.3 is 11.9 Å². The Kier molecular flexibility index (Phi) is 14.4. The van der Waals surface area contributed by atoms with Crippen LogP contribution in [0.5, 0.6) is 0 Å². The minimum Gasteiger partial charge on any atom is -0.481 e. The summed E-state index contributed by atoms with van der Waals surface area (Å²) >= 11 is 3.91. The molecule has 0 spiro atoms. The average molecular weight is 521 g/mol. The molecule has 0 radical (unpaired) electrons. The zero-order valence-electron chi connectivity index (χ0n) is 18.8. The molecule has 0 aromatic rings. The van der Waals surface area contributed by atoms with Crippen molar-refractivity contribution in [1.29, 1.82) is 0 Å². The van der Waals surface area contributed by atoms with Crippen molar-refractivity contribution in [3.63, 3.8) is 0 Å². The molecule has 35 heavy (non-hydrogen) atoms. The zero-order valence-corrected chi connectivity index (χ0v) is 19.7. The van der Waals surface area contributed by atoms with Gasteiger partial charge in [-0.3, -0.25) is 29.0 Å². The first-order valence-electron chi connectivity index (χ1n) is 10.3. The number of nitrogens with two attached hydrogens (primary N) is 4. The molecule has 0 aromatic heterocycles. The fraction of sp³-hybridized carbons (Fsp3) is 0.611. The van der Waals surface area contributed by atoms with Gasteiger partial charge in [-0.05, 0) is 19.3 Å². The number of rotatable bonds is 17. The van der Waals surface area contributed by atoms with Crippen molar-refractivity contribution < 1.29 is 39.0 Å². The van der Waals surface area contributed by atoms with E-state index < -0.39 is 79.0 Å².